The summed E-state index contributed by atoms with van der Waals surface area (Å²) in [5.74, 6) is -0.692. The number of hydrogen-bond donors (Lipinski definition) is 1. The molecule has 0 saturated heterocycles. The first kappa shape index (κ1) is 23.8. The van der Waals surface area contributed by atoms with Gasteiger partial charge in [0.05, 0.1) is 22.0 Å². The van der Waals surface area contributed by atoms with Gasteiger partial charge in [-0.3, -0.25) is 9.36 Å². The molecule has 0 saturated carbocycles. The SMILES string of the molecule is O=C(CSc1nnc(-c2ccccc2)n1-c1ccc(F)cc1)Nc1cc(C(F)(F)F)ccc1Cl. The first-order chi connectivity index (χ1) is 16.2. The number of alkyl halides is 3. The van der Waals surface area contributed by atoms with E-state index in [1.165, 1.54) is 12.1 Å². The number of rotatable bonds is 6. The van der Waals surface area contributed by atoms with E-state index < -0.39 is 23.5 Å². The molecule has 0 aliphatic carbocycles. The van der Waals surface area contributed by atoms with Crippen LogP contribution in [0.1, 0.15) is 5.56 Å². The van der Waals surface area contributed by atoms with E-state index in [-0.39, 0.29) is 16.5 Å². The number of nitrogens with zero attached hydrogens (tertiary/aromatic N) is 3. The number of carbonyl (C=O) groups excluding carboxylic acids is 1. The van der Waals surface area contributed by atoms with Gasteiger partial charge in [-0.1, -0.05) is 53.7 Å². The van der Waals surface area contributed by atoms with Gasteiger partial charge in [0.15, 0.2) is 11.0 Å². The van der Waals surface area contributed by atoms with Crippen LogP contribution in [-0.2, 0) is 11.0 Å². The molecule has 0 spiro atoms. The smallest absolute Gasteiger partial charge is 0.324 e. The predicted octanol–water partition coefficient (Wildman–Crippen LogP) is 6.48. The van der Waals surface area contributed by atoms with E-state index in [4.69, 9.17) is 11.6 Å². The fourth-order valence-electron chi connectivity index (χ4n) is 3.07. The molecule has 0 radical (unpaired) electrons. The summed E-state index contributed by atoms with van der Waals surface area (Å²) in [4.78, 5) is 12.5. The molecule has 1 amide bonds. The van der Waals surface area contributed by atoms with E-state index in [1.807, 2.05) is 30.3 Å². The Bertz CT molecular complexity index is 1310. The Labute approximate surface area is 200 Å². The van der Waals surface area contributed by atoms with Gasteiger partial charge in [0.2, 0.25) is 5.91 Å². The molecule has 0 unspecified atom stereocenters. The number of amides is 1. The standard InChI is InChI=1S/C23H15ClF4N4OS/c24-18-11-6-15(23(26,27)28)12-19(18)29-20(33)13-34-22-31-30-21(14-4-2-1-3-5-14)32(22)17-9-7-16(25)8-10-17/h1-12H,13H2,(H,29,33). The number of nitrogens with one attached hydrogen (secondary N) is 1. The topological polar surface area (TPSA) is 59.8 Å². The molecule has 0 aliphatic heterocycles. The lowest BCUT2D eigenvalue weighted by Crippen LogP contribution is -2.16. The maximum absolute atomic E-state index is 13.5. The highest BCUT2D eigenvalue weighted by Gasteiger charge is 2.31. The molecule has 3 aromatic carbocycles. The van der Waals surface area contributed by atoms with E-state index in [9.17, 15) is 22.4 Å². The normalized spacial score (nSPS) is 11.4. The monoisotopic (exact) mass is 506 g/mol. The zero-order valence-electron chi connectivity index (χ0n) is 17.2. The van der Waals surface area contributed by atoms with Crippen LogP contribution in [-0.4, -0.2) is 26.4 Å². The Kier molecular flexibility index (Phi) is 6.90. The van der Waals surface area contributed by atoms with E-state index in [0.717, 1.165) is 35.5 Å². The summed E-state index contributed by atoms with van der Waals surface area (Å²) >= 11 is 6.97. The first-order valence-corrected chi connectivity index (χ1v) is 11.1. The molecule has 0 fully saturated rings. The Morgan fingerprint density at radius 1 is 1.00 bits per heavy atom. The minimum atomic E-state index is -4.57. The lowest BCUT2D eigenvalue weighted by molar-refractivity contribution is -0.137. The van der Waals surface area contributed by atoms with Gasteiger partial charge in [0.1, 0.15) is 5.82 Å². The Hall–Kier alpha value is -3.37. The van der Waals surface area contributed by atoms with Crippen molar-refractivity contribution in [2.24, 2.45) is 0 Å². The maximum Gasteiger partial charge on any atom is 0.416 e. The van der Waals surface area contributed by atoms with Crippen molar-refractivity contribution in [2.45, 2.75) is 11.3 Å². The van der Waals surface area contributed by atoms with Crippen LogP contribution in [0.3, 0.4) is 0 Å². The molecule has 0 bridgehead atoms. The van der Waals surface area contributed by atoms with E-state index >= 15 is 0 Å². The van der Waals surface area contributed by atoms with Crippen molar-refractivity contribution < 1.29 is 22.4 Å². The second kappa shape index (κ2) is 9.86. The highest BCUT2D eigenvalue weighted by molar-refractivity contribution is 7.99. The maximum atomic E-state index is 13.5. The minimum absolute atomic E-state index is 0.0211. The van der Waals surface area contributed by atoms with Crippen molar-refractivity contribution >= 4 is 35.0 Å². The second-order valence-corrected chi connectivity index (χ2v) is 8.36. The van der Waals surface area contributed by atoms with Gasteiger partial charge in [-0.05, 0) is 42.5 Å². The van der Waals surface area contributed by atoms with Gasteiger partial charge in [0.25, 0.3) is 0 Å². The van der Waals surface area contributed by atoms with Crippen LogP contribution in [0.2, 0.25) is 5.02 Å². The third kappa shape index (κ3) is 5.40. The molecule has 0 atom stereocenters. The van der Waals surface area contributed by atoms with E-state index in [1.54, 1.807) is 16.7 Å². The third-order valence-electron chi connectivity index (χ3n) is 4.65. The number of thioether (sulfide) groups is 1. The van der Waals surface area contributed by atoms with Crippen molar-refractivity contribution in [1.82, 2.24) is 14.8 Å². The van der Waals surface area contributed by atoms with Gasteiger partial charge in [-0.2, -0.15) is 13.2 Å². The summed E-state index contributed by atoms with van der Waals surface area (Å²) in [5.41, 5.74) is 0.260. The Morgan fingerprint density at radius 2 is 1.71 bits per heavy atom. The molecule has 4 rings (SSSR count). The molecule has 4 aromatic rings. The summed E-state index contributed by atoms with van der Waals surface area (Å²) in [6.45, 7) is 0. The molecule has 11 heteroatoms. The largest absolute Gasteiger partial charge is 0.416 e. The summed E-state index contributed by atoms with van der Waals surface area (Å²) in [6, 6.07) is 17.6. The number of carbonyl (C=O) groups is 1. The average Bonchev–Trinajstić information content (AvgIpc) is 3.23. The average molecular weight is 507 g/mol. The fourth-order valence-corrected chi connectivity index (χ4v) is 3.99. The van der Waals surface area contributed by atoms with Gasteiger partial charge >= 0.3 is 6.18 Å². The zero-order chi connectivity index (χ0) is 24.3. The highest BCUT2D eigenvalue weighted by Crippen LogP contribution is 2.34. The third-order valence-corrected chi connectivity index (χ3v) is 5.91. The highest BCUT2D eigenvalue weighted by atomic mass is 35.5. The Balaban J connectivity index is 1.57. The lowest BCUT2D eigenvalue weighted by atomic mass is 10.2. The van der Waals surface area contributed by atoms with E-state index in [2.05, 4.69) is 15.5 Å². The van der Waals surface area contributed by atoms with Gasteiger partial charge in [0, 0.05) is 11.3 Å². The summed E-state index contributed by atoms with van der Waals surface area (Å²) in [7, 11) is 0. The van der Waals surface area contributed by atoms with Crippen LogP contribution >= 0.6 is 23.4 Å². The zero-order valence-corrected chi connectivity index (χ0v) is 18.8. The van der Waals surface area contributed by atoms with Crippen LogP contribution in [0.5, 0.6) is 0 Å². The lowest BCUT2D eigenvalue weighted by Gasteiger charge is -2.12. The van der Waals surface area contributed by atoms with Gasteiger partial charge in [-0.25, -0.2) is 4.39 Å². The minimum Gasteiger partial charge on any atom is -0.324 e. The van der Waals surface area contributed by atoms with Crippen molar-refractivity contribution in [3.05, 3.63) is 89.2 Å². The summed E-state index contributed by atoms with van der Waals surface area (Å²) in [5, 5.41) is 11.1. The van der Waals surface area contributed by atoms with Crippen molar-refractivity contribution in [3.8, 4) is 17.1 Å². The molecule has 1 aromatic heterocycles. The molecular formula is C23H15ClF4N4OS. The van der Waals surface area contributed by atoms with Crippen LogP contribution in [0.15, 0.2) is 78.0 Å². The van der Waals surface area contributed by atoms with Crippen LogP contribution in [0.4, 0.5) is 23.2 Å². The van der Waals surface area contributed by atoms with Crippen molar-refractivity contribution in [3.63, 3.8) is 0 Å². The quantitative estimate of drug-likeness (QED) is 0.240. The molecule has 5 nitrogen and oxygen atoms in total. The molecule has 1 heterocycles. The fraction of sp³-hybridized carbons (Fsp3) is 0.0870. The van der Waals surface area contributed by atoms with Crippen molar-refractivity contribution in [2.75, 3.05) is 11.1 Å². The summed E-state index contributed by atoms with van der Waals surface area (Å²) < 4.78 is 54.1. The van der Waals surface area contributed by atoms with Crippen LogP contribution < -0.4 is 5.32 Å². The molecule has 1 N–H and O–H groups in total. The molecule has 174 valence electrons. The first-order valence-electron chi connectivity index (χ1n) is 9.78. The number of aromatic nitrogens is 3. The number of halogens is 5. The van der Waals surface area contributed by atoms with Crippen LogP contribution in [0.25, 0.3) is 17.1 Å². The molecular weight excluding hydrogens is 492 g/mol. The predicted molar refractivity (Wildman–Crippen MR) is 123 cm³/mol. The van der Waals surface area contributed by atoms with Crippen LogP contribution in [0, 0.1) is 5.82 Å². The van der Waals surface area contributed by atoms with Gasteiger partial charge < -0.3 is 5.32 Å². The number of benzene rings is 3. The Morgan fingerprint density at radius 3 is 2.38 bits per heavy atom. The number of anilines is 1. The molecule has 34 heavy (non-hydrogen) atoms. The van der Waals surface area contributed by atoms with Gasteiger partial charge in [-0.15, -0.1) is 10.2 Å². The summed E-state index contributed by atoms with van der Waals surface area (Å²) in [6.07, 6.45) is -4.57. The second-order valence-electron chi connectivity index (χ2n) is 7.01. The molecule has 0 aliphatic rings. The van der Waals surface area contributed by atoms with Crippen molar-refractivity contribution in [1.29, 1.82) is 0 Å². The number of hydrogen-bond acceptors (Lipinski definition) is 4. The van der Waals surface area contributed by atoms with E-state index in [0.29, 0.717) is 16.7 Å².